The first-order chi connectivity index (χ1) is 10.1. The van der Waals surface area contributed by atoms with Gasteiger partial charge in [0.25, 0.3) is 0 Å². The highest BCUT2D eigenvalue weighted by Crippen LogP contribution is 2.34. The number of phenols is 1. The van der Waals surface area contributed by atoms with Crippen molar-refractivity contribution in [1.82, 2.24) is 0 Å². The molecule has 2 aromatic rings. The van der Waals surface area contributed by atoms with Gasteiger partial charge in [-0.05, 0) is 24.1 Å². The van der Waals surface area contributed by atoms with E-state index in [4.69, 9.17) is 15.2 Å². The van der Waals surface area contributed by atoms with E-state index in [-0.39, 0.29) is 5.75 Å². The maximum atomic E-state index is 9.25. The van der Waals surface area contributed by atoms with E-state index >= 15 is 0 Å². The minimum atomic E-state index is 0.274. The summed E-state index contributed by atoms with van der Waals surface area (Å²) >= 11 is 0. The van der Waals surface area contributed by atoms with Crippen molar-refractivity contribution in [2.75, 3.05) is 31.8 Å². The number of benzene rings is 2. The van der Waals surface area contributed by atoms with Gasteiger partial charge in [0.05, 0.1) is 25.6 Å². The summed E-state index contributed by atoms with van der Waals surface area (Å²) in [6, 6.07) is 10.7. The Bertz CT molecular complexity index is 597. The summed E-state index contributed by atoms with van der Waals surface area (Å²) < 4.78 is 10.5. The van der Waals surface area contributed by atoms with Crippen molar-refractivity contribution < 1.29 is 14.6 Å². The molecule has 0 bridgehead atoms. The molecule has 2 aromatic carbocycles. The molecule has 0 aliphatic rings. The van der Waals surface area contributed by atoms with Crippen molar-refractivity contribution >= 4 is 11.4 Å². The molecule has 0 spiro atoms. The van der Waals surface area contributed by atoms with Gasteiger partial charge in [-0.2, -0.15) is 0 Å². The Morgan fingerprint density at radius 1 is 1.05 bits per heavy atom. The van der Waals surface area contributed by atoms with Gasteiger partial charge in [0.15, 0.2) is 11.5 Å². The fraction of sp³-hybridized carbons (Fsp3) is 0.250. The van der Waals surface area contributed by atoms with Crippen LogP contribution in [-0.2, 0) is 6.42 Å². The zero-order valence-electron chi connectivity index (χ0n) is 12.2. The normalized spacial score (nSPS) is 10.2. The Balaban J connectivity index is 2.01. The minimum Gasteiger partial charge on any atom is -0.508 e. The quantitative estimate of drug-likeness (QED) is 0.712. The third kappa shape index (κ3) is 3.72. The number of aromatic hydroxyl groups is 1. The first-order valence-corrected chi connectivity index (χ1v) is 6.67. The van der Waals surface area contributed by atoms with Gasteiger partial charge in [0.2, 0.25) is 0 Å². The highest BCUT2D eigenvalue weighted by atomic mass is 16.5. The van der Waals surface area contributed by atoms with Crippen LogP contribution in [0.15, 0.2) is 36.4 Å². The van der Waals surface area contributed by atoms with E-state index in [1.807, 2.05) is 18.2 Å². The second-order valence-electron chi connectivity index (χ2n) is 4.64. The van der Waals surface area contributed by atoms with Crippen LogP contribution in [0.3, 0.4) is 0 Å². The van der Waals surface area contributed by atoms with Crippen LogP contribution in [0.4, 0.5) is 11.4 Å². The van der Waals surface area contributed by atoms with Crippen molar-refractivity contribution in [2.45, 2.75) is 6.42 Å². The van der Waals surface area contributed by atoms with Crippen LogP contribution >= 0.6 is 0 Å². The summed E-state index contributed by atoms with van der Waals surface area (Å²) in [5.41, 5.74) is 8.55. The first kappa shape index (κ1) is 14.8. The molecule has 0 amide bonds. The van der Waals surface area contributed by atoms with Crippen molar-refractivity contribution in [1.29, 1.82) is 0 Å². The lowest BCUT2D eigenvalue weighted by Crippen LogP contribution is -2.07. The minimum absolute atomic E-state index is 0.274. The van der Waals surface area contributed by atoms with E-state index in [0.717, 1.165) is 24.2 Å². The van der Waals surface area contributed by atoms with Crippen LogP contribution < -0.4 is 20.5 Å². The van der Waals surface area contributed by atoms with E-state index in [9.17, 15) is 5.11 Å². The number of methoxy groups -OCH3 is 2. The van der Waals surface area contributed by atoms with Crippen LogP contribution in [0.5, 0.6) is 17.2 Å². The second-order valence-corrected chi connectivity index (χ2v) is 4.64. The Kier molecular flexibility index (Phi) is 4.77. The maximum Gasteiger partial charge on any atom is 0.162 e. The number of nitrogens with two attached hydrogens (primary N) is 1. The molecular formula is C16H20N2O3. The number of hydrogen-bond donors (Lipinski definition) is 3. The molecule has 0 aliphatic heterocycles. The molecule has 5 heteroatoms. The predicted molar refractivity (Wildman–Crippen MR) is 84.3 cm³/mol. The highest BCUT2D eigenvalue weighted by Gasteiger charge is 2.08. The average molecular weight is 288 g/mol. The lowest BCUT2D eigenvalue weighted by Gasteiger charge is -2.14. The number of ether oxygens (including phenoxy) is 2. The molecule has 0 aliphatic carbocycles. The van der Waals surface area contributed by atoms with Gasteiger partial charge in [-0.3, -0.25) is 0 Å². The summed E-state index contributed by atoms with van der Waals surface area (Å²) in [5.74, 6) is 1.52. The van der Waals surface area contributed by atoms with Crippen molar-refractivity contribution in [3.8, 4) is 17.2 Å². The Hall–Kier alpha value is -2.56. The topological polar surface area (TPSA) is 76.7 Å². The number of hydrogen-bond acceptors (Lipinski definition) is 5. The predicted octanol–water partition coefficient (Wildman–Crippen LogP) is 2.65. The standard InChI is InChI=1S/C16H20N2O3/c1-20-15-9-13(17)14(10-16(15)21-2)18-8-7-11-3-5-12(19)6-4-11/h3-6,9-10,18-19H,7-8,17H2,1-2H3. The van der Waals surface area contributed by atoms with Gasteiger partial charge in [-0.1, -0.05) is 12.1 Å². The summed E-state index contributed by atoms with van der Waals surface area (Å²) in [7, 11) is 3.17. The summed E-state index contributed by atoms with van der Waals surface area (Å²) in [5, 5.41) is 12.5. The SMILES string of the molecule is COc1cc(N)c(NCCc2ccc(O)cc2)cc1OC. The molecule has 2 rings (SSSR count). The number of nitrogens with one attached hydrogen (secondary N) is 1. The van der Waals surface area contributed by atoms with Crippen LogP contribution in [0, 0.1) is 0 Å². The summed E-state index contributed by atoms with van der Waals surface area (Å²) in [6.07, 6.45) is 0.827. The molecule has 0 atom stereocenters. The number of nitrogen functional groups attached to an aromatic ring is 1. The molecule has 0 aromatic heterocycles. The summed E-state index contributed by atoms with van der Waals surface area (Å²) in [4.78, 5) is 0. The van der Waals surface area contributed by atoms with Crippen LogP contribution in [0.2, 0.25) is 0 Å². The molecule has 112 valence electrons. The molecule has 0 saturated heterocycles. The molecular weight excluding hydrogens is 268 g/mol. The summed E-state index contributed by atoms with van der Waals surface area (Å²) in [6.45, 7) is 0.727. The highest BCUT2D eigenvalue weighted by molar-refractivity contribution is 5.72. The maximum absolute atomic E-state index is 9.25. The van der Waals surface area contributed by atoms with E-state index in [0.29, 0.717) is 17.2 Å². The molecule has 0 heterocycles. The third-order valence-electron chi connectivity index (χ3n) is 3.22. The third-order valence-corrected chi connectivity index (χ3v) is 3.22. The van der Waals surface area contributed by atoms with Gasteiger partial charge in [0.1, 0.15) is 5.75 Å². The largest absolute Gasteiger partial charge is 0.508 e. The van der Waals surface area contributed by atoms with Gasteiger partial charge < -0.3 is 25.6 Å². The zero-order chi connectivity index (χ0) is 15.2. The molecule has 21 heavy (non-hydrogen) atoms. The Morgan fingerprint density at radius 2 is 1.67 bits per heavy atom. The smallest absolute Gasteiger partial charge is 0.162 e. The molecule has 4 N–H and O–H groups in total. The number of anilines is 2. The monoisotopic (exact) mass is 288 g/mol. The van der Waals surface area contributed by atoms with Crippen molar-refractivity contribution in [3.63, 3.8) is 0 Å². The number of rotatable bonds is 6. The molecule has 5 nitrogen and oxygen atoms in total. The average Bonchev–Trinajstić information content (AvgIpc) is 2.50. The Morgan fingerprint density at radius 3 is 2.29 bits per heavy atom. The van der Waals surface area contributed by atoms with Crippen LogP contribution in [0.25, 0.3) is 0 Å². The van der Waals surface area contributed by atoms with Crippen molar-refractivity contribution in [3.05, 3.63) is 42.0 Å². The van der Waals surface area contributed by atoms with Gasteiger partial charge in [0, 0.05) is 18.7 Å². The van der Waals surface area contributed by atoms with Crippen molar-refractivity contribution in [2.24, 2.45) is 0 Å². The molecule has 0 fully saturated rings. The molecule has 0 unspecified atom stereocenters. The van der Waals surface area contributed by atoms with E-state index < -0.39 is 0 Å². The second kappa shape index (κ2) is 6.74. The zero-order valence-corrected chi connectivity index (χ0v) is 12.2. The van der Waals surface area contributed by atoms with E-state index in [2.05, 4.69) is 5.32 Å². The van der Waals surface area contributed by atoms with E-state index in [1.54, 1.807) is 32.4 Å². The van der Waals surface area contributed by atoms with Gasteiger partial charge in [-0.15, -0.1) is 0 Å². The van der Waals surface area contributed by atoms with Crippen LogP contribution in [-0.4, -0.2) is 25.9 Å². The fourth-order valence-electron chi connectivity index (χ4n) is 2.05. The van der Waals surface area contributed by atoms with Gasteiger partial charge >= 0.3 is 0 Å². The first-order valence-electron chi connectivity index (χ1n) is 6.67. The fourth-order valence-corrected chi connectivity index (χ4v) is 2.05. The molecule has 0 radical (unpaired) electrons. The Labute approximate surface area is 124 Å². The van der Waals surface area contributed by atoms with E-state index in [1.165, 1.54) is 0 Å². The van der Waals surface area contributed by atoms with Crippen LogP contribution in [0.1, 0.15) is 5.56 Å². The number of phenolic OH excluding ortho intramolecular Hbond substituents is 1. The van der Waals surface area contributed by atoms with Gasteiger partial charge in [-0.25, -0.2) is 0 Å². The lowest BCUT2D eigenvalue weighted by atomic mass is 10.1. The molecule has 0 saturated carbocycles. The lowest BCUT2D eigenvalue weighted by molar-refractivity contribution is 0.355.